The lowest BCUT2D eigenvalue weighted by atomic mass is 9.73. The average Bonchev–Trinajstić information content (AvgIpc) is 3.27. The van der Waals surface area contributed by atoms with Crippen LogP contribution in [0.25, 0.3) is 0 Å². The van der Waals surface area contributed by atoms with Crippen molar-refractivity contribution in [1.29, 1.82) is 0 Å². The molecule has 1 aromatic heterocycles. The van der Waals surface area contributed by atoms with E-state index < -0.39 is 5.91 Å². The molecule has 1 aromatic rings. The fraction of sp³-hybridized carbons (Fsp3) is 0.765. The van der Waals surface area contributed by atoms with Crippen molar-refractivity contribution in [3.8, 4) is 0 Å². The van der Waals surface area contributed by atoms with E-state index in [1.54, 1.807) is 0 Å². The van der Waals surface area contributed by atoms with E-state index in [0.717, 1.165) is 51.4 Å². The Hall–Kier alpha value is -1.96. The number of rotatable bonds is 5. The van der Waals surface area contributed by atoms with Gasteiger partial charge in [-0.15, -0.1) is 0 Å². The molecule has 2 saturated heterocycles. The standard InChI is InChI=1S/C17H25N5O3/c18-15(24)16-19-13(25-20-16)9-21-7-1-5-17(10-21)6-4-14(23)22(11-17)8-12-2-3-12/h12H,1-11H2,(H2,18,24)/t17-/m1/s1. The molecule has 1 spiro atoms. The molecular formula is C17H25N5O3. The highest BCUT2D eigenvalue weighted by molar-refractivity contribution is 5.88. The van der Waals surface area contributed by atoms with E-state index in [1.807, 2.05) is 0 Å². The number of nitrogens with zero attached hydrogens (tertiary/aromatic N) is 4. The van der Waals surface area contributed by atoms with Crippen LogP contribution in [0.3, 0.4) is 0 Å². The van der Waals surface area contributed by atoms with Gasteiger partial charge in [0.1, 0.15) is 0 Å². The molecule has 3 fully saturated rings. The van der Waals surface area contributed by atoms with Crippen molar-refractivity contribution in [2.75, 3.05) is 26.2 Å². The van der Waals surface area contributed by atoms with Gasteiger partial charge in [0.25, 0.3) is 11.7 Å². The van der Waals surface area contributed by atoms with Crippen molar-refractivity contribution in [2.24, 2.45) is 17.1 Å². The van der Waals surface area contributed by atoms with Gasteiger partial charge in [-0.2, -0.15) is 4.98 Å². The second-order valence-corrected chi connectivity index (χ2v) is 7.91. The highest BCUT2D eigenvalue weighted by Gasteiger charge is 2.43. The summed E-state index contributed by atoms with van der Waals surface area (Å²) in [5.41, 5.74) is 5.34. The Balaban J connectivity index is 1.40. The molecule has 136 valence electrons. The first-order chi connectivity index (χ1) is 12.0. The van der Waals surface area contributed by atoms with Crippen LogP contribution in [0.5, 0.6) is 0 Å². The predicted molar refractivity (Wildman–Crippen MR) is 88.3 cm³/mol. The lowest BCUT2D eigenvalue weighted by molar-refractivity contribution is -0.139. The van der Waals surface area contributed by atoms with E-state index in [-0.39, 0.29) is 11.2 Å². The Bertz CT molecular complexity index is 671. The molecule has 2 aliphatic heterocycles. The van der Waals surface area contributed by atoms with Crippen LogP contribution < -0.4 is 5.73 Å². The smallest absolute Gasteiger partial charge is 0.290 e. The number of likely N-dealkylation sites (tertiary alicyclic amines) is 2. The molecule has 1 saturated carbocycles. The Labute approximate surface area is 146 Å². The minimum absolute atomic E-state index is 0.0689. The molecule has 0 aromatic carbocycles. The van der Waals surface area contributed by atoms with E-state index in [1.165, 1.54) is 12.8 Å². The molecule has 4 rings (SSSR count). The summed E-state index contributed by atoms with van der Waals surface area (Å²) in [6, 6.07) is 0. The second kappa shape index (κ2) is 6.40. The molecule has 1 aliphatic carbocycles. The van der Waals surface area contributed by atoms with Gasteiger partial charge >= 0.3 is 0 Å². The first-order valence-corrected chi connectivity index (χ1v) is 9.16. The maximum absolute atomic E-state index is 12.3. The van der Waals surface area contributed by atoms with Crippen molar-refractivity contribution in [1.82, 2.24) is 19.9 Å². The summed E-state index contributed by atoms with van der Waals surface area (Å²) in [4.78, 5) is 31.8. The summed E-state index contributed by atoms with van der Waals surface area (Å²) in [5, 5.41) is 3.61. The van der Waals surface area contributed by atoms with E-state index >= 15 is 0 Å². The third-order valence-electron chi connectivity index (χ3n) is 5.71. The van der Waals surface area contributed by atoms with Crippen LogP contribution >= 0.6 is 0 Å². The fourth-order valence-corrected chi connectivity index (χ4v) is 4.27. The number of nitrogens with two attached hydrogens (primary N) is 1. The number of primary amides is 1. The van der Waals surface area contributed by atoms with Gasteiger partial charge in [-0.25, -0.2) is 0 Å². The van der Waals surface area contributed by atoms with Crippen LogP contribution in [-0.4, -0.2) is 57.9 Å². The van der Waals surface area contributed by atoms with Crippen LogP contribution in [0, 0.1) is 11.3 Å². The molecule has 0 radical (unpaired) electrons. The van der Waals surface area contributed by atoms with Gasteiger partial charge in [-0.1, -0.05) is 5.16 Å². The maximum Gasteiger partial charge on any atom is 0.290 e. The second-order valence-electron chi connectivity index (χ2n) is 7.91. The fourth-order valence-electron chi connectivity index (χ4n) is 4.27. The summed E-state index contributed by atoms with van der Waals surface area (Å²) in [7, 11) is 0. The molecule has 3 aliphatic rings. The lowest BCUT2D eigenvalue weighted by Gasteiger charge is -2.48. The molecule has 8 heteroatoms. The zero-order valence-electron chi connectivity index (χ0n) is 14.4. The molecular weight excluding hydrogens is 322 g/mol. The molecule has 2 amide bonds. The van der Waals surface area contributed by atoms with Gasteiger partial charge < -0.3 is 15.2 Å². The number of carbonyl (C=O) groups excluding carboxylic acids is 2. The number of hydrogen-bond donors (Lipinski definition) is 1. The first kappa shape index (κ1) is 16.5. The van der Waals surface area contributed by atoms with Crippen LogP contribution in [0.4, 0.5) is 0 Å². The highest BCUT2D eigenvalue weighted by atomic mass is 16.5. The SMILES string of the molecule is NC(=O)c1noc(CN2CCC[C@@]3(CCC(=O)N(CC4CC4)C3)C2)n1. The monoisotopic (exact) mass is 347 g/mol. The number of aromatic nitrogens is 2. The van der Waals surface area contributed by atoms with Crippen molar-refractivity contribution in [3.05, 3.63) is 11.7 Å². The maximum atomic E-state index is 12.3. The summed E-state index contributed by atoms with van der Waals surface area (Å²) in [6.07, 6.45) is 6.41. The predicted octanol–water partition coefficient (Wildman–Crippen LogP) is 0.783. The van der Waals surface area contributed by atoms with Gasteiger partial charge in [-0.05, 0) is 44.6 Å². The topological polar surface area (TPSA) is 106 Å². The van der Waals surface area contributed by atoms with Gasteiger partial charge in [0.05, 0.1) is 6.54 Å². The molecule has 2 N–H and O–H groups in total. The van der Waals surface area contributed by atoms with Gasteiger partial charge in [0.15, 0.2) is 0 Å². The van der Waals surface area contributed by atoms with E-state index in [0.29, 0.717) is 24.8 Å². The van der Waals surface area contributed by atoms with Gasteiger partial charge in [-0.3, -0.25) is 14.5 Å². The van der Waals surface area contributed by atoms with Gasteiger partial charge in [0, 0.05) is 31.5 Å². The van der Waals surface area contributed by atoms with Crippen LogP contribution in [0.1, 0.15) is 55.0 Å². The summed E-state index contributed by atoms with van der Waals surface area (Å²) in [5.74, 6) is 0.724. The molecule has 3 heterocycles. The third kappa shape index (κ3) is 3.68. The van der Waals surface area contributed by atoms with Gasteiger partial charge in [0.2, 0.25) is 11.8 Å². The Morgan fingerprint density at radius 3 is 2.88 bits per heavy atom. The number of amides is 2. The van der Waals surface area contributed by atoms with Crippen molar-refractivity contribution < 1.29 is 14.1 Å². The Morgan fingerprint density at radius 2 is 2.16 bits per heavy atom. The minimum Gasteiger partial charge on any atom is -0.363 e. The van der Waals surface area contributed by atoms with Crippen LogP contribution in [-0.2, 0) is 11.3 Å². The Morgan fingerprint density at radius 1 is 1.32 bits per heavy atom. The largest absolute Gasteiger partial charge is 0.363 e. The summed E-state index contributed by atoms with van der Waals surface area (Å²) >= 11 is 0. The lowest BCUT2D eigenvalue weighted by Crippen LogP contribution is -2.54. The zero-order chi connectivity index (χ0) is 17.4. The quantitative estimate of drug-likeness (QED) is 0.844. The Kier molecular flexibility index (Phi) is 4.23. The molecule has 1 atom stereocenters. The summed E-state index contributed by atoms with van der Waals surface area (Å²) < 4.78 is 5.14. The van der Waals surface area contributed by atoms with E-state index in [4.69, 9.17) is 10.3 Å². The van der Waals surface area contributed by atoms with Crippen molar-refractivity contribution in [2.45, 2.75) is 45.1 Å². The first-order valence-electron chi connectivity index (χ1n) is 9.16. The minimum atomic E-state index is -0.674. The number of carbonyl (C=O) groups is 2. The normalized spacial score (nSPS) is 27.8. The molecule has 0 unspecified atom stereocenters. The highest BCUT2D eigenvalue weighted by Crippen LogP contribution is 2.40. The molecule has 8 nitrogen and oxygen atoms in total. The summed E-state index contributed by atoms with van der Waals surface area (Å²) in [6.45, 7) is 4.22. The van der Waals surface area contributed by atoms with Crippen molar-refractivity contribution in [3.63, 3.8) is 0 Å². The molecule has 25 heavy (non-hydrogen) atoms. The number of hydrogen-bond acceptors (Lipinski definition) is 6. The van der Waals surface area contributed by atoms with Crippen LogP contribution in [0.15, 0.2) is 4.52 Å². The molecule has 0 bridgehead atoms. The van der Waals surface area contributed by atoms with Crippen molar-refractivity contribution >= 4 is 11.8 Å². The number of piperidine rings is 2. The third-order valence-corrected chi connectivity index (χ3v) is 5.71. The van der Waals surface area contributed by atoms with Crippen LogP contribution in [0.2, 0.25) is 0 Å². The van der Waals surface area contributed by atoms with E-state index in [9.17, 15) is 9.59 Å². The average molecular weight is 347 g/mol. The zero-order valence-corrected chi connectivity index (χ0v) is 14.4. The van der Waals surface area contributed by atoms with E-state index in [2.05, 4.69) is 19.9 Å².